The summed E-state index contributed by atoms with van der Waals surface area (Å²) >= 11 is 0. The van der Waals surface area contributed by atoms with E-state index < -0.39 is 6.10 Å². The molecule has 0 unspecified atom stereocenters. The lowest BCUT2D eigenvalue weighted by Gasteiger charge is -2.14. The van der Waals surface area contributed by atoms with Crippen LogP contribution < -0.4 is 25.2 Å². The second kappa shape index (κ2) is 9.24. The summed E-state index contributed by atoms with van der Waals surface area (Å²) in [5.41, 5.74) is 4.48. The Hall–Kier alpha value is -3.75. The first-order valence-corrected chi connectivity index (χ1v) is 11.1. The van der Waals surface area contributed by atoms with E-state index in [1.54, 1.807) is 23.2 Å². The Labute approximate surface area is 196 Å². The van der Waals surface area contributed by atoms with Crippen molar-refractivity contribution in [2.75, 3.05) is 13.4 Å². The molecular formula is C26H27N3O5. The molecule has 176 valence electrons. The number of fused-ring (bicyclic) bond motifs is 2. The summed E-state index contributed by atoms with van der Waals surface area (Å²) in [7, 11) is 3.46. The second-order valence-electron chi connectivity index (χ2n) is 8.41. The smallest absolute Gasteiger partial charge is 0.328 e. The van der Waals surface area contributed by atoms with E-state index in [0.717, 1.165) is 40.2 Å². The summed E-state index contributed by atoms with van der Waals surface area (Å²) in [5, 5.41) is 14.0. The Morgan fingerprint density at radius 3 is 2.44 bits per heavy atom. The molecule has 34 heavy (non-hydrogen) atoms. The Morgan fingerprint density at radius 1 is 0.912 bits per heavy atom. The minimum absolute atomic E-state index is 0.0941. The second-order valence-corrected chi connectivity index (χ2v) is 8.41. The van der Waals surface area contributed by atoms with Crippen molar-refractivity contribution >= 4 is 11.0 Å². The monoisotopic (exact) mass is 461 g/mol. The number of aliphatic hydroxyl groups excluding tert-OH is 1. The molecule has 1 atom stereocenters. The molecule has 2 heterocycles. The van der Waals surface area contributed by atoms with Crippen LogP contribution in [-0.2, 0) is 27.2 Å². The highest BCUT2D eigenvalue weighted by Crippen LogP contribution is 2.32. The van der Waals surface area contributed by atoms with Gasteiger partial charge in [0.2, 0.25) is 6.79 Å². The van der Waals surface area contributed by atoms with Crippen molar-refractivity contribution in [2.45, 2.75) is 19.2 Å². The average Bonchev–Trinajstić information content (AvgIpc) is 3.41. The molecule has 0 spiro atoms. The summed E-state index contributed by atoms with van der Waals surface area (Å²) < 4.78 is 19.7. The third-order valence-electron chi connectivity index (χ3n) is 6.11. The van der Waals surface area contributed by atoms with Crippen molar-refractivity contribution in [3.8, 4) is 17.2 Å². The van der Waals surface area contributed by atoms with Gasteiger partial charge < -0.3 is 24.6 Å². The van der Waals surface area contributed by atoms with Crippen molar-refractivity contribution in [3.63, 3.8) is 0 Å². The van der Waals surface area contributed by atoms with Crippen LogP contribution >= 0.6 is 0 Å². The molecule has 0 radical (unpaired) electrons. The molecule has 4 aromatic rings. The van der Waals surface area contributed by atoms with Gasteiger partial charge in [-0.3, -0.25) is 9.13 Å². The molecule has 0 bridgehead atoms. The van der Waals surface area contributed by atoms with Crippen LogP contribution in [0.2, 0.25) is 0 Å². The van der Waals surface area contributed by atoms with Crippen LogP contribution in [0.1, 0.15) is 22.8 Å². The number of aliphatic hydroxyl groups is 1. The number of nitrogens with one attached hydrogen (secondary N) is 1. The van der Waals surface area contributed by atoms with E-state index in [2.05, 4.69) is 5.32 Å². The normalized spacial score (nSPS) is 13.4. The molecular weight excluding hydrogens is 434 g/mol. The van der Waals surface area contributed by atoms with Crippen molar-refractivity contribution in [3.05, 3.63) is 87.8 Å². The van der Waals surface area contributed by atoms with Crippen molar-refractivity contribution in [1.82, 2.24) is 14.5 Å². The van der Waals surface area contributed by atoms with Gasteiger partial charge in [0.1, 0.15) is 18.5 Å². The molecule has 2 N–H and O–H groups in total. The number of aromatic nitrogens is 2. The van der Waals surface area contributed by atoms with Gasteiger partial charge in [-0.25, -0.2) is 4.79 Å². The maximum atomic E-state index is 12.1. The quantitative estimate of drug-likeness (QED) is 0.420. The number of nitrogens with zero attached hydrogens (tertiary/aromatic N) is 2. The third-order valence-corrected chi connectivity index (χ3v) is 6.11. The Balaban J connectivity index is 1.13. The fraction of sp³-hybridized carbons (Fsp3) is 0.269. The van der Waals surface area contributed by atoms with E-state index in [1.807, 2.05) is 60.7 Å². The maximum Gasteiger partial charge on any atom is 0.328 e. The largest absolute Gasteiger partial charge is 0.491 e. The summed E-state index contributed by atoms with van der Waals surface area (Å²) in [6.07, 6.45) is -0.803. The lowest BCUT2D eigenvalue weighted by molar-refractivity contribution is 0.108. The molecule has 3 aromatic carbocycles. The number of benzene rings is 3. The van der Waals surface area contributed by atoms with Gasteiger partial charge in [0.25, 0.3) is 0 Å². The SMILES string of the molecule is Cn1c(=O)n(C)c2cc([C@H](O)COc3ccc(CNCc4ccc5c(c4)OCO5)cc3)ccc21. The molecule has 5 rings (SSSR count). The van der Waals surface area contributed by atoms with Crippen LogP contribution in [0.5, 0.6) is 17.2 Å². The lowest BCUT2D eigenvalue weighted by atomic mass is 10.1. The van der Waals surface area contributed by atoms with Gasteiger partial charge in [-0.1, -0.05) is 24.3 Å². The molecule has 0 aliphatic carbocycles. The number of ether oxygens (including phenoxy) is 3. The van der Waals surface area contributed by atoms with Crippen LogP contribution in [0.15, 0.2) is 65.5 Å². The summed E-state index contributed by atoms with van der Waals surface area (Å²) in [6, 6.07) is 19.2. The van der Waals surface area contributed by atoms with Crippen LogP contribution in [0.25, 0.3) is 11.0 Å². The molecule has 0 amide bonds. The standard InChI is InChI=1S/C26H27N3O5/c1-28-21-9-6-19(12-22(21)29(2)26(28)31)23(30)15-32-20-7-3-17(4-8-20)13-27-14-18-5-10-24-25(11-18)34-16-33-24/h3-12,23,27,30H,13-16H2,1-2H3/t23-/m1/s1. The molecule has 1 aromatic heterocycles. The van der Waals surface area contributed by atoms with Gasteiger partial charge in [0, 0.05) is 27.2 Å². The van der Waals surface area contributed by atoms with Gasteiger partial charge in [-0.2, -0.15) is 0 Å². The van der Waals surface area contributed by atoms with Gasteiger partial charge in [-0.05, 0) is 53.1 Å². The van der Waals surface area contributed by atoms with E-state index >= 15 is 0 Å². The van der Waals surface area contributed by atoms with Gasteiger partial charge in [0.15, 0.2) is 11.5 Å². The van der Waals surface area contributed by atoms with Crippen LogP contribution in [-0.4, -0.2) is 27.6 Å². The number of hydrogen-bond acceptors (Lipinski definition) is 6. The molecule has 0 fully saturated rings. The molecule has 8 nitrogen and oxygen atoms in total. The highest BCUT2D eigenvalue weighted by Gasteiger charge is 2.14. The molecule has 1 aliphatic heterocycles. The highest BCUT2D eigenvalue weighted by molar-refractivity contribution is 5.77. The summed E-state index contributed by atoms with van der Waals surface area (Å²) in [5.74, 6) is 2.26. The summed E-state index contributed by atoms with van der Waals surface area (Å²) in [4.78, 5) is 12.1. The van der Waals surface area contributed by atoms with E-state index in [4.69, 9.17) is 14.2 Å². The third kappa shape index (κ3) is 4.37. The Kier molecular flexibility index (Phi) is 6.00. The zero-order valence-electron chi connectivity index (χ0n) is 19.2. The fourth-order valence-electron chi connectivity index (χ4n) is 4.11. The minimum Gasteiger partial charge on any atom is -0.491 e. The van der Waals surface area contributed by atoms with E-state index in [-0.39, 0.29) is 19.1 Å². The predicted molar refractivity (Wildman–Crippen MR) is 128 cm³/mol. The minimum atomic E-state index is -0.803. The number of hydrogen-bond donors (Lipinski definition) is 2. The topological polar surface area (TPSA) is 86.9 Å². The fourth-order valence-corrected chi connectivity index (χ4v) is 4.11. The zero-order chi connectivity index (χ0) is 23.7. The molecule has 1 aliphatic rings. The van der Waals surface area contributed by atoms with Crippen LogP contribution in [0.3, 0.4) is 0 Å². The molecule has 0 saturated carbocycles. The van der Waals surface area contributed by atoms with Crippen LogP contribution in [0, 0.1) is 0 Å². The van der Waals surface area contributed by atoms with Crippen molar-refractivity contribution in [2.24, 2.45) is 14.1 Å². The van der Waals surface area contributed by atoms with Crippen molar-refractivity contribution < 1.29 is 19.3 Å². The van der Waals surface area contributed by atoms with Crippen LogP contribution in [0.4, 0.5) is 0 Å². The first kappa shape index (κ1) is 22.1. The van der Waals surface area contributed by atoms with Crippen molar-refractivity contribution in [1.29, 1.82) is 0 Å². The Morgan fingerprint density at radius 2 is 1.62 bits per heavy atom. The highest BCUT2D eigenvalue weighted by atomic mass is 16.7. The average molecular weight is 462 g/mol. The number of rotatable bonds is 8. The van der Waals surface area contributed by atoms with Gasteiger partial charge in [0.05, 0.1) is 11.0 Å². The van der Waals surface area contributed by atoms with E-state index in [0.29, 0.717) is 17.9 Å². The zero-order valence-corrected chi connectivity index (χ0v) is 19.2. The molecule has 0 saturated heterocycles. The van der Waals surface area contributed by atoms with E-state index in [9.17, 15) is 9.90 Å². The Bertz CT molecular complexity index is 1370. The van der Waals surface area contributed by atoms with Gasteiger partial charge >= 0.3 is 5.69 Å². The number of aryl methyl sites for hydroxylation is 2. The lowest BCUT2D eigenvalue weighted by Crippen LogP contribution is -2.19. The first-order chi connectivity index (χ1) is 16.5. The van der Waals surface area contributed by atoms with Gasteiger partial charge in [-0.15, -0.1) is 0 Å². The summed E-state index contributed by atoms with van der Waals surface area (Å²) in [6.45, 7) is 1.83. The molecule has 8 heteroatoms. The maximum absolute atomic E-state index is 12.1. The number of imidazole rings is 1. The predicted octanol–water partition coefficient (Wildman–Crippen LogP) is 3.01. The van der Waals surface area contributed by atoms with E-state index in [1.165, 1.54) is 0 Å². The first-order valence-electron chi connectivity index (χ1n) is 11.1.